The predicted octanol–water partition coefficient (Wildman–Crippen LogP) is 1.02. The van der Waals surface area contributed by atoms with E-state index in [1.54, 1.807) is 6.07 Å². The molecule has 1 unspecified atom stereocenters. The van der Waals surface area contributed by atoms with Crippen molar-refractivity contribution in [1.29, 1.82) is 0 Å². The number of hydrogen-bond donors (Lipinski definition) is 1. The summed E-state index contributed by atoms with van der Waals surface area (Å²) in [4.78, 5) is 39.9. The Labute approximate surface area is 139 Å². The van der Waals surface area contributed by atoms with Gasteiger partial charge in [0, 0.05) is 19.1 Å². The van der Waals surface area contributed by atoms with Crippen LogP contribution in [0.2, 0.25) is 0 Å². The molecule has 0 spiro atoms. The minimum Gasteiger partial charge on any atom is -0.336 e. The van der Waals surface area contributed by atoms with Crippen LogP contribution >= 0.6 is 0 Å². The van der Waals surface area contributed by atoms with Crippen LogP contribution in [0.1, 0.15) is 36.2 Å². The third kappa shape index (κ3) is 2.80. The zero-order chi connectivity index (χ0) is 16.5. The fraction of sp³-hybridized carbons (Fsp3) is 0.529. The molecule has 24 heavy (non-hydrogen) atoms. The third-order valence-electron chi connectivity index (χ3n) is 5.09. The Morgan fingerprint density at radius 3 is 2.83 bits per heavy atom. The van der Waals surface area contributed by atoms with Gasteiger partial charge < -0.3 is 9.88 Å². The molecule has 1 N–H and O–H groups in total. The number of likely N-dealkylation sites (tertiary alicyclic amines) is 2. The number of carbonyl (C=O) groups excluding carboxylic acids is 1. The van der Waals surface area contributed by atoms with E-state index < -0.39 is 0 Å². The minimum atomic E-state index is -0.245. The van der Waals surface area contributed by atoms with Crippen LogP contribution in [0.15, 0.2) is 23.4 Å². The lowest BCUT2D eigenvalue weighted by Gasteiger charge is -2.37. The third-order valence-corrected chi connectivity index (χ3v) is 5.09. The average molecular weight is 327 g/mol. The molecule has 7 nitrogen and oxygen atoms in total. The van der Waals surface area contributed by atoms with E-state index in [1.165, 1.54) is 25.4 Å². The van der Waals surface area contributed by atoms with Crippen molar-refractivity contribution in [1.82, 2.24) is 24.8 Å². The molecular formula is C17H21N5O2. The normalized spacial score (nSPS) is 22.2. The second-order valence-electron chi connectivity index (χ2n) is 6.61. The minimum absolute atomic E-state index is 0.0935. The van der Waals surface area contributed by atoms with Crippen molar-refractivity contribution < 1.29 is 4.79 Å². The Morgan fingerprint density at radius 1 is 1.17 bits per heavy atom. The quantitative estimate of drug-likeness (QED) is 0.890. The van der Waals surface area contributed by atoms with Gasteiger partial charge in [0.25, 0.3) is 11.5 Å². The van der Waals surface area contributed by atoms with Crippen molar-refractivity contribution in [3.63, 3.8) is 0 Å². The number of H-pyrrole nitrogens is 1. The second kappa shape index (κ2) is 6.32. The van der Waals surface area contributed by atoms with Crippen LogP contribution in [-0.4, -0.2) is 62.9 Å². The van der Waals surface area contributed by atoms with E-state index in [-0.39, 0.29) is 11.5 Å². The average Bonchev–Trinajstić information content (AvgIpc) is 3.16. The highest BCUT2D eigenvalue weighted by molar-refractivity contribution is 5.95. The van der Waals surface area contributed by atoms with Crippen molar-refractivity contribution in [2.24, 2.45) is 0 Å². The maximum atomic E-state index is 12.8. The summed E-state index contributed by atoms with van der Waals surface area (Å²) in [6.07, 6.45) is 7.53. The van der Waals surface area contributed by atoms with E-state index in [0.29, 0.717) is 22.6 Å². The highest BCUT2D eigenvalue weighted by Gasteiger charge is 2.30. The molecule has 2 aromatic heterocycles. The lowest BCUT2D eigenvalue weighted by atomic mass is 10.0. The fourth-order valence-corrected chi connectivity index (χ4v) is 3.79. The van der Waals surface area contributed by atoms with Gasteiger partial charge in [0.1, 0.15) is 5.69 Å². The van der Waals surface area contributed by atoms with E-state index in [9.17, 15) is 9.59 Å². The van der Waals surface area contributed by atoms with E-state index >= 15 is 0 Å². The number of nitrogens with zero attached hydrogens (tertiary/aromatic N) is 4. The lowest BCUT2D eigenvalue weighted by Crippen LogP contribution is -2.49. The lowest BCUT2D eigenvalue weighted by molar-refractivity contribution is 0.0602. The second-order valence-corrected chi connectivity index (χ2v) is 6.61. The first-order chi connectivity index (χ1) is 11.7. The highest BCUT2D eigenvalue weighted by atomic mass is 16.2. The highest BCUT2D eigenvalue weighted by Crippen LogP contribution is 2.21. The summed E-state index contributed by atoms with van der Waals surface area (Å²) in [6.45, 7) is 3.79. The van der Waals surface area contributed by atoms with Crippen LogP contribution in [-0.2, 0) is 0 Å². The van der Waals surface area contributed by atoms with E-state index in [2.05, 4.69) is 19.9 Å². The van der Waals surface area contributed by atoms with Gasteiger partial charge in [-0.1, -0.05) is 0 Å². The largest absolute Gasteiger partial charge is 0.336 e. The summed E-state index contributed by atoms with van der Waals surface area (Å²) >= 11 is 0. The number of fused-ring (bicyclic) bond motifs is 1. The van der Waals surface area contributed by atoms with Crippen LogP contribution in [0.25, 0.3) is 10.9 Å². The molecule has 1 atom stereocenters. The first-order valence-corrected chi connectivity index (χ1v) is 8.59. The summed E-state index contributed by atoms with van der Waals surface area (Å²) in [5.74, 6) is -0.0935. The van der Waals surface area contributed by atoms with Gasteiger partial charge in [-0.25, -0.2) is 9.97 Å². The number of rotatable bonds is 2. The van der Waals surface area contributed by atoms with Gasteiger partial charge in [0.05, 0.1) is 23.4 Å². The molecule has 2 saturated heterocycles. The molecule has 0 radical (unpaired) electrons. The van der Waals surface area contributed by atoms with Gasteiger partial charge in [0.2, 0.25) is 0 Å². The molecule has 4 heterocycles. The van der Waals surface area contributed by atoms with Crippen LogP contribution in [0.3, 0.4) is 0 Å². The van der Waals surface area contributed by atoms with Gasteiger partial charge in [-0.15, -0.1) is 0 Å². The number of hydrogen-bond acceptors (Lipinski definition) is 5. The first-order valence-electron chi connectivity index (χ1n) is 8.59. The molecule has 2 aliphatic rings. The smallest absolute Gasteiger partial charge is 0.272 e. The molecule has 4 rings (SSSR count). The van der Waals surface area contributed by atoms with Crippen LogP contribution in [0.4, 0.5) is 0 Å². The number of amides is 1. The molecular weight excluding hydrogens is 306 g/mol. The summed E-state index contributed by atoms with van der Waals surface area (Å²) in [7, 11) is 0. The van der Waals surface area contributed by atoms with Crippen molar-refractivity contribution in [2.75, 3.05) is 26.2 Å². The van der Waals surface area contributed by atoms with Crippen molar-refractivity contribution in [2.45, 2.75) is 31.7 Å². The standard InChI is InChI=1S/C17H21N5O2/c23-16-13-8-14(18-9-15(13)19-11-20-16)17(24)22-7-3-4-12(10-22)21-5-1-2-6-21/h8-9,11-12H,1-7,10H2,(H,19,20,23). The first kappa shape index (κ1) is 15.3. The summed E-state index contributed by atoms with van der Waals surface area (Å²) < 4.78 is 0. The number of piperidine rings is 1. The molecule has 0 bridgehead atoms. The molecule has 0 aromatic carbocycles. The SMILES string of the molecule is O=C(c1cc2c(=O)[nH]cnc2cn1)N1CCCC(N2CCCC2)C1. The van der Waals surface area contributed by atoms with Gasteiger partial charge in [-0.3, -0.25) is 14.5 Å². The van der Waals surface area contributed by atoms with Crippen LogP contribution in [0.5, 0.6) is 0 Å². The van der Waals surface area contributed by atoms with E-state index in [4.69, 9.17) is 0 Å². The van der Waals surface area contributed by atoms with Gasteiger partial charge in [-0.05, 0) is 44.8 Å². The molecule has 0 aliphatic carbocycles. The molecule has 2 aliphatic heterocycles. The molecule has 1 amide bonds. The maximum Gasteiger partial charge on any atom is 0.272 e. The maximum absolute atomic E-state index is 12.8. The number of carbonyl (C=O) groups is 1. The fourth-order valence-electron chi connectivity index (χ4n) is 3.79. The van der Waals surface area contributed by atoms with Crippen molar-refractivity contribution in [3.8, 4) is 0 Å². The van der Waals surface area contributed by atoms with Gasteiger partial charge >= 0.3 is 0 Å². The summed E-state index contributed by atoms with van der Waals surface area (Å²) in [5, 5.41) is 0.406. The molecule has 2 fully saturated rings. The van der Waals surface area contributed by atoms with E-state index in [1.807, 2.05) is 4.90 Å². The van der Waals surface area contributed by atoms with E-state index in [0.717, 1.165) is 39.0 Å². The van der Waals surface area contributed by atoms with Gasteiger partial charge in [-0.2, -0.15) is 0 Å². The number of aromatic amines is 1. The Morgan fingerprint density at radius 2 is 2.00 bits per heavy atom. The molecule has 0 saturated carbocycles. The zero-order valence-corrected chi connectivity index (χ0v) is 13.6. The number of nitrogens with one attached hydrogen (secondary N) is 1. The Kier molecular flexibility index (Phi) is 4.02. The number of pyridine rings is 1. The summed E-state index contributed by atoms with van der Waals surface area (Å²) in [5.41, 5.74) is 0.581. The van der Waals surface area contributed by atoms with Gasteiger partial charge in [0.15, 0.2) is 0 Å². The monoisotopic (exact) mass is 327 g/mol. The number of aromatic nitrogens is 3. The summed E-state index contributed by atoms with van der Waals surface area (Å²) in [6, 6.07) is 2.01. The topological polar surface area (TPSA) is 82.2 Å². The van der Waals surface area contributed by atoms with Crippen molar-refractivity contribution >= 4 is 16.8 Å². The Balaban J connectivity index is 1.56. The Hall–Kier alpha value is -2.28. The zero-order valence-electron chi connectivity index (χ0n) is 13.6. The molecule has 2 aromatic rings. The van der Waals surface area contributed by atoms with Crippen molar-refractivity contribution in [3.05, 3.63) is 34.6 Å². The molecule has 7 heteroatoms. The Bertz CT molecular complexity index is 812. The predicted molar refractivity (Wildman–Crippen MR) is 89.9 cm³/mol. The van der Waals surface area contributed by atoms with Crippen LogP contribution < -0.4 is 5.56 Å². The van der Waals surface area contributed by atoms with Crippen LogP contribution in [0, 0.1) is 0 Å². The molecule has 126 valence electrons.